The first-order chi connectivity index (χ1) is 12.7. The fourth-order valence-electron chi connectivity index (χ4n) is 3.14. The van der Waals surface area contributed by atoms with Gasteiger partial charge in [-0.1, -0.05) is 53.5 Å². The first-order valence-corrected chi connectivity index (χ1v) is 10.4. The molecule has 0 saturated carbocycles. The van der Waals surface area contributed by atoms with Crippen molar-refractivity contribution in [2.45, 2.75) is 72.3 Å². The van der Waals surface area contributed by atoms with Crippen molar-refractivity contribution in [3.8, 4) is 5.75 Å². The summed E-state index contributed by atoms with van der Waals surface area (Å²) in [7, 11) is 2.08. The molecule has 1 aromatic rings. The van der Waals surface area contributed by atoms with Crippen molar-refractivity contribution in [2.75, 3.05) is 33.2 Å². The van der Waals surface area contributed by atoms with Gasteiger partial charge in [-0.15, -0.1) is 0 Å². The molecular weight excluding hydrogens is 336 g/mol. The van der Waals surface area contributed by atoms with Gasteiger partial charge >= 0.3 is 0 Å². The molecule has 0 amide bonds. The van der Waals surface area contributed by atoms with E-state index in [4.69, 9.17) is 0 Å². The summed E-state index contributed by atoms with van der Waals surface area (Å²) >= 11 is 0. The van der Waals surface area contributed by atoms with Crippen molar-refractivity contribution in [1.29, 1.82) is 0 Å². The number of benzene rings is 1. The minimum atomic E-state index is -0.0596. The number of phenols is 1. The summed E-state index contributed by atoms with van der Waals surface area (Å²) in [6.07, 6.45) is 5.68. The van der Waals surface area contributed by atoms with Crippen LogP contribution in [0.25, 0.3) is 0 Å². The van der Waals surface area contributed by atoms with Crippen LogP contribution in [-0.4, -0.2) is 54.4 Å². The lowest BCUT2D eigenvalue weighted by molar-refractivity contribution is 0.112. The molecule has 0 fully saturated rings. The van der Waals surface area contributed by atoms with Crippen molar-refractivity contribution in [3.63, 3.8) is 0 Å². The van der Waals surface area contributed by atoms with Gasteiger partial charge in [0.05, 0.1) is 5.56 Å². The van der Waals surface area contributed by atoms with E-state index in [1.165, 1.54) is 25.7 Å². The average molecular weight is 377 g/mol. The molecule has 1 aromatic carbocycles. The molecule has 1 N–H and O–H groups in total. The molecule has 1 rings (SSSR count). The monoisotopic (exact) mass is 376 g/mol. The van der Waals surface area contributed by atoms with E-state index < -0.39 is 0 Å². The molecule has 0 saturated heterocycles. The maximum atomic E-state index is 11.4. The molecule has 0 aliphatic carbocycles. The van der Waals surface area contributed by atoms with Crippen LogP contribution in [0.15, 0.2) is 12.1 Å². The van der Waals surface area contributed by atoms with Gasteiger partial charge in [-0.05, 0) is 50.0 Å². The standard InChI is InChI=1S/C23H40N2O2/c1-7-9-11-25(12-10-8-2)14-13-24(6)17-19-15-21(23(3,4)5)16-20(18-26)22(19)27/h15-16,18,27H,7-14,17H2,1-6H3. The first kappa shape index (κ1) is 23.6. The van der Waals surface area contributed by atoms with Crippen LogP contribution in [0, 0.1) is 0 Å². The zero-order valence-corrected chi connectivity index (χ0v) is 18.3. The van der Waals surface area contributed by atoms with E-state index in [0.717, 1.165) is 43.6 Å². The molecule has 0 atom stereocenters. The fraction of sp³-hybridized carbons (Fsp3) is 0.696. The number of carbonyl (C=O) groups excluding carboxylic acids is 1. The predicted molar refractivity (Wildman–Crippen MR) is 115 cm³/mol. The number of hydrogen-bond donors (Lipinski definition) is 1. The summed E-state index contributed by atoms with van der Waals surface area (Å²) in [4.78, 5) is 16.2. The van der Waals surface area contributed by atoms with Crippen LogP contribution in [0.1, 0.15) is 81.8 Å². The normalized spacial score (nSPS) is 12.1. The minimum Gasteiger partial charge on any atom is -0.507 e. The van der Waals surface area contributed by atoms with Gasteiger partial charge < -0.3 is 14.9 Å². The molecule has 27 heavy (non-hydrogen) atoms. The third-order valence-electron chi connectivity index (χ3n) is 5.11. The van der Waals surface area contributed by atoms with Crippen LogP contribution in [0.3, 0.4) is 0 Å². The van der Waals surface area contributed by atoms with Gasteiger partial charge in [0.25, 0.3) is 0 Å². The Kier molecular flexibility index (Phi) is 10.0. The van der Waals surface area contributed by atoms with E-state index in [0.29, 0.717) is 12.1 Å². The van der Waals surface area contributed by atoms with Crippen molar-refractivity contribution >= 4 is 6.29 Å². The van der Waals surface area contributed by atoms with Crippen LogP contribution in [0.4, 0.5) is 0 Å². The van der Waals surface area contributed by atoms with Gasteiger partial charge in [0.2, 0.25) is 0 Å². The van der Waals surface area contributed by atoms with Crippen molar-refractivity contribution in [2.24, 2.45) is 0 Å². The van der Waals surface area contributed by atoms with E-state index in [1.807, 2.05) is 12.1 Å². The Hall–Kier alpha value is -1.39. The molecular formula is C23H40N2O2. The number of aldehydes is 1. The molecule has 0 bridgehead atoms. The Balaban J connectivity index is 2.80. The zero-order valence-electron chi connectivity index (χ0n) is 18.3. The number of carbonyl (C=O) groups is 1. The molecule has 154 valence electrons. The minimum absolute atomic E-state index is 0.0596. The smallest absolute Gasteiger partial charge is 0.153 e. The Morgan fingerprint density at radius 2 is 1.59 bits per heavy atom. The third kappa shape index (κ3) is 8.02. The number of hydrogen-bond acceptors (Lipinski definition) is 4. The van der Waals surface area contributed by atoms with Gasteiger partial charge in [0.1, 0.15) is 5.75 Å². The Labute approximate surface area is 166 Å². The highest BCUT2D eigenvalue weighted by Crippen LogP contribution is 2.31. The third-order valence-corrected chi connectivity index (χ3v) is 5.11. The summed E-state index contributed by atoms with van der Waals surface area (Å²) in [5.41, 5.74) is 2.24. The van der Waals surface area contributed by atoms with Crippen LogP contribution in [0.2, 0.25) is 0 Å². The molecule has 0 unspecified atom stereocenters. The van der Waals surface area contributed by atoms with Crippen LogP contribution >= 0.6 is 0 Å². The number of aromatic hydroxyl groups is 1. The molecule has 0 radical (unpaired) electrons. The second kappa shape index (κ2) is 11.5. The van der Waals surface area contributed by atoms with Crippen LogP contribution in [0.5, 0.6) is 5.75 Å². The van der Waals surface area contributed by atoms with E-state index in [9.17, 15) is 9.90 Å². The zero-order chi connectivity index (χ0) is 20.4. The van der Waals surface area contributed by atoms with Gasteiger partial charge in [0, 0.05) is 25.2 Å². The molecule has 4 nitrogen and oxygen atoms in total. The van der Waals surface area contributed by atoms with E-state index in [1.54, 1.807) is 0 Å². The number of unbranched alkanes of at least 4 members (excludes halogenated alkanes) is 2. The molecule has 0 heterocycles. The molecule has 0 spiro atoms. The summed E-state index contributed by atoms with van der Waals surface area (Å²) in [6, 6.07) is 3.85. The number of rotatable bonds is 12. The van der Waals surface area contributed by atoms with Crippen molar-refractivity contribution < 1.29 is 9.90 Å². The summed E-state index contributed by atoms with van der Waals surface area (Å²) in [6.45, 7) is 15.8. The van der Waals surface area contributed by atoms with Crippen LogP contribution in [-0.2, 0) is 12.0 Å². The highest BCUT2D eigenvalue weighted by Gasteiger charge is 2.19. The first-order valence-electron chi connectivity index (χ1n) is 10.4. The predicted octanol–water partition coefficient (Wildman–Crippen LogP) is 4.84. The fourth-order valence-corrected chi connectivity index (χ4v) is 3.14. The maximum Gasteiger partial charge on any atom is 0.153 e. The van der Waals surface area contributed by atoms with Gasteiger partial charge in [-0.25, -0.2) is 0 Å². The van der Waals surface area contributed by atoms with Gasteiger partial charge in [-0.2, -0.15) is 0 Å². The molecule has 0 aliphatic rings. The van der Waals surface area contributed by atoms with E-state index in [2.05, 4.69) is 51.5 Å². The second-order valence-electron chi connectivity index (χ2n) is 8.73. The summed E-state index contributed by atoms with van der Waals surface area (Å²) in [5, 5.41) is 10.5. The highest BCUT2D eigenvalue weighted by atomic mass is 16.3. The van der Waals surface area contributed by atoms with Gasteiger partial charge in [0.15, 0.2) is 6.29 Å². The quantitative estimate of drug-likeness (QED) is 0.530. The number of nitrogens with zero attached hydrogens (tertiary/aromatic N) is 2. The highest BCUT2D eigenvalue weighted by molar-refractivity contribution is 5.80. The Morgan fingerprint density at radius 3 is 2.07 bits per heavy atom. The van der Waals surface area contributed by atoms with Gasteiger partial charge in [-0.3, -0.25) is 4.79 Å². The summed E-state index contributed by atoms with van der Waals surface area (Å²) < 4.78 is 0. The second-order valence-corrected chi connectivity index (χ2v) is 8.73. The van der Waals surface area contributed by atoms with Crippen molar-refractivity contribution in [3.05, 3.63) is 28.8 Å². The number of phenolic OH excluding ortho intramolecular Hbond substituents is 1. The Morgan fingerprint density at radius 1 is 1.00 bits per heavy atom. The van der Waals surface area contributed by atoms with Crippen LogP contribution < -0.4 is 0 Å². The van der Waals surface area contributed by atoms with E-state index in [-0.39, 0.29) is 11.2 Å². The lowest BCUT2D eigenvalue weighted by Gasteiger charge is -2.26. The largest absolute Gasteiger partial charge is 0.507 e. The summed E-state index contributed by atoms with van der Waals surface area (Å²) in [5.74, 6) is 0.124. The number of likely N-dealkylation sites (N-methyl/N-ethyl adjacent to an activating group) is 1. The SMILES string of the molecule is CCCCN(CCCC)CCN(C)Cc1cc(C(C)(C)C)cc(C=O)c1O. The average Bonchev–Trinajstić information content (AvgIpc) is 2.61. The van der Waals surface area contributed by atoms with E-state index >= 15 is 0 Å². The molecule has 0 aromatic heterocycles. The lowest BCUT2D eigenvalue weighted by Crippen LogP contribution is -2.34. The lowest BCUT2D eigenvalue weighted by atomic mass is 9.84. The topological polar surface area (TPSA) is 43.8 Å². The maximum absolute atomic E-state index is 11.4. The molecule has 0 aliphatic heterocycles. The molecule has 4 heteroatoms. The Bertz CT molecular complexity index is 570. The van der Waals surface area contributed by atoms with Crippen molar-refractivity contribution in [1.82, 2.24) is 9.80 Å².